The van der Waals surface area contributed by atoms with Crippen molar-refractivity contribution in [3.63, 3.8) is 0 Å². The fourth-order valence-electron chi connectivity index (χ4n) is 1.99. The van der Waals surface area contributed by atoms with Crippen molar-refractivity contribution in [1.29, 1.82) is 0 Å². The second-order valence-corrected chi connectivity index (χ2v) is 6.27. The molecule has 96 valence electrons. The third kappa shape index (κ3) is 2.85. The third-order valence-electron chi connectivity index (χ3n) is 2.87. The lowest BCUT2D eigenvalue weighted by molar-refractivity contribution is 0.529. The predicted molar refractivity (Wildman–Crippen MR) is 78.9 cm³/mol. The van der Waals surface area contributed by atoms with E-state index in [4.69, 9.17) is 23.8 Å². The fraction of sp³-hybridized carbons (Fsp3) is 0.357. The number of hydrogen-bond acceptors (Lipinski definition) is 1. The highest BCUT2D eigenvalue weighted by molar-refractivity contribution is 7.71. The highest BCUT2D eigenvalue weighted by Gasteiger charge is 2.19. The Hall–Kier alpha value is -1.06. The lowest BCUT2D eigenvalue weighted by atomic mass is 9.92. The number of H-pyrrole nitrogens is 1. The topological polar surface area (TPSA) is 20.7 Å². The van der Waals surface area contributed by atoms with Gasteiger partial charge < -0.3 is 9.55 Å². The van der Waals surface area contributed by atoms with Gasteiger partial charge in [-0.3, -0.25) is 0 Å². The molecule has 0 atom stereocenters. The molecule has 1 heterocycles. The lowest BCUT2D eigenvalue weighted by Gasteiger charge is -2.20. The van der Waals surface area contributed by atoms with Gasteiger partial charge >= 0.3 is 0 Å². The number of aromatic nitrogens is 2. The van der Waals surface area contributed by atoms with Crippen molar-refractivity contribution in [3.8, 4) is 0 Å². The zero-order chi connectivity index (χ0) is 13.3. The maximum atomic E-state index is 6.01. The first-order chi connectivity index (χ1) is 8.38. The maximum Gasteiger partial charge on any atom is 0.177 e. The number of nitrogens with zero attached hydrogens (tertiary/aromatic N) is 1. The lowest BCUT2D eigenvalue weighted by Crippen LogP contribution is -2.18. The van der Waals surface area contributed by atoms with Gasteiger partial charge in [0.25, 0.3) is 0 Å². The molecule has 1 N–H and O–H groups in total. The Morgan fingerprint density at radius 3 is 2.67 bits per heavy atom. The Morgan fingerprint density at radius 2 is 2.06 bits per heavy atom. The molecule has 0 fully saturated rings. The first kappa shape index (κ1) is 13.4. The summed E-state index contributed by atoms with van der Waals surface area (Å²) in [6.45, 7) is 7.29. The molecule has 0 aliphatic carbocycles. The van der Waals surface area contributed by atoms with Crippen LogP contribution >= 0.6 is 23.8 Å². The van der Waals surface area contributed by atoms with E-state index in [0.29, 0.717) is 0 Å². The summed E-state index contributed by atoms with van der Waals surface area (Å²) >= 11 is 11.4. The number of imidazole rings is 1. The molecule has 0 aliphatic heterocycles. The normalized spacial score (nSPS) is 11.8. The molecule has 0 amide bonds. The van der Waals surface area contributed by atoms with Crippen molar-refractivity contribution in [3.05, 3.63) is 51.5 Å². The van der Waals surface area contributed by atoms with Crippen molar-refractivity contribution in [2.24, 2.45) is 0 Å². The molecule has 0 bridgehead atoms. The minimum absolute atomic E-state index is 0.0616. The smallest absolute Gasteiger partial charge is 0.177 e. The molecule has 0 saturated heterocycles. The van der Waals surface area contributed by atoms with E-state index in [0.717, 1.165) is 21.9 Å². The summed E-state index contributed by atoms with van der Waals surface area (Å²) in [6, 6.07) is 7.88. The fourth-order valence-corrected chi connectivity index (χ4v) is 2.43. The van der Waals surface area contributed by atoms with Gasteiger partial charge in [-0.05, 0) is 29.9 Å². The molecule has 1 aromatic heterocycles. The molecule has 0 radical (unpaired) electrons. The van der Waals surface area contributed by atoms with E-state index in [9.17, 15) is 0 Å². The third-order valence-corrected chi connectivity index (χ3v) is 3.44. The zero-order valence-corrected chi connectivity index (χ0v) is 12.4. The number of halogens is 1. The largest absolute Gasteiger partial charge is 0.337 e. The minimum Gasteiger partial charge on any atom is -0.337 e. The molecule has 18 heavy (non-hydrogen) atoms. The van der Waals surface area contributed by atoms with Crippen molar-refractivity contribution in [2.45, 2.75) is 32.7 Å². The van der Waals surface area contributed by atoms with Crippen LogP contribution in [0.2, 0.25) is 5.02 Å². The molecule has 2 rings (SSSR count). The van der Waals surface area contributed by atoms with Gasteiger partial charge in [0.1, 0.15) is 0 Å². The average Bonchev–Trinajstić information content (AvgIpc) is 2.60. The van der Waals surface area contributed by atoms with E-state index >= 15 is 0 Å². The standard InChI is InChI=1S/C14H17ClN2S/c1-14(2,3)12-8-16-13(18)17(12)9-10-5-4-6-11(15)7-10/h4-8H,9H2,1-3H3,(H,16,18). The first-order valence-corrected chi connectivity index (χ1v) is 6.70. The molecule has 4 heteroatoms. The second-order valence-electron chi connectivity index (χ2n) is 5.45. The Bertz CT molecular complexity index is 605. The Kier molecular flexibility index (Phi) is 3.64. The molecule has 0 aliphatic rings. The van der Waals surface area contributed by atoms with E-state index in [1.54, 1.807) is 0 Å². The van der Waals surface area contributed by atoms with Crippen LogP contribution in [-0.2, 0) is 12.0 Å². The molecule has 0 spiro atoms. The molecular weight excluding hydrogens is 264 g/mol. The van der Waals surface area contributed by atoms with Gasteiger partial charge in [-0.25, -0.2) is 0 Å². The number of aromatic amines is 1. The van der Waals surface area contributed by atoms with E-state index < -0.39 is 0 Å². The Morgan fingerprint density at radius 1 is 1.33 bits per heavy atom. The molecule has 0 unspecified atom stereocenters. The molecule has 2 nitrogen and oxygen atoms in total. The van der Waals surface area contributed by atoms with Gasteiger partial charge in [0.05, 0.1) is 6.54 Å². The van der Waals surface area contributed by atoms with Crippen molar-refractivity contribution < 1.29 is 0 Å². The van der Waals surface area contributed by atoms with Crippen molar-refractivity contribution in [1.82, 2.24) is 9.55 Å². The van der Waals surface area contributed by atoms with Crippen molar-refractivity contribution in [2.75, 3.05) is 0 Å². The Labute approximate surface area is 118 Å². The van der Waals surface area contributed by atoms with Gasteiger partial charge in [0, 0.05) is 22.3 Å². The highest BCUT2D eigenvalue weighted by Crippen LogP contribution is 2.23. The summed E-state index contributed by atoms with van der Waals surface area (Å²) in [7, 11) is 0. The average molecular weight is 281 g/mol. The number of hydrogen-bond donors (Lipinski definition) is 1. The first-order valence-electron chi connectivity index (χ1n) is 5.91. The van der Waals surface area contributed by atoms with Crippen molar-refractivity contribution >= 4 is 23.8 Å². The van der Waals surface area contributed by atoms with E-state index in [-0.39, 0.29) is 5.41 Å². The van der Waals surface area contributed by atoms with Crippen LogP contribution in [0.3, 0.4) is 0 Å². The summed E-state index contributed by atoms with van der Waals surface area (Å²) in [4.78, 5) is 3.12. The van der Waals surface area contributed by atoms with Crippen LogP contribution in [-0.4, -0.2) is 9.55 Å². The van der Waals surface area contributed by atoms with Gasteiger partial charge in [-0.2, -0.15) is 0 Å². The second kappa shape index (κ2) is 4.90. The summed E-state index contributed by atoms with van der Waals surface area (Å²) in [5.74, 6) is 0. The van der Waals surface area contributed by atoms with Gasteiger partial charge in [0.15, 0.2) is 4.77 Å². The van der Waals surface area contributed by atoms with E-state index in [2.05, 4.69) is 36.4 Å². The monoisotopic (exact) mass is 280 g/mol. The quantitative estimate of drug-likeness (QED) is 0.801. The SMILES string of the molecule is CC(C)(C)c1c[nH]c(=S)n1Cc1cccc(Cl)c1. The molecule has 0 saturated carbocycles. The van der Waals surface area contributed by atoms with E-state index in [1.165, 1.54) is 5.69 Å². The van der Waals surface area contributed by atoms with E-state index in [1.807, 2.05) is 24.4 Å². The predicted octanol–water partition coefficient (Wildman–Crippen LogP) is 4.54. The number of nitrogens with one attached hydrogen (secondary N) is 1. The molecular formula is C14H17ClN2S. The van der Waals surface area contributed by atoms with Crippen LogP contribution < -0.4 is 0 Å². The van der Waals surface area contributed by atoms with Crippen LogP contribution in [0, 0.1) is 4.77 Å². The maximum absolute atomic E-state index is 6.01. The van der Waals surface area contributed by atoms with Gasteiger partial charge in [-0.1, -0.05) is 44.5 Å². The van der Waals surface area contributed by atoms with Gasteiger partial charge in [-0.15, -0.1) is 0 Å². The number of rotatable bonds is 2. The van der Waals surface area contributed by atoms with Crippen LogP contribution in [0.4, 0.5) is 0 Å². The summed E-state index contributed by atoms with van der Waals surface area (Å²) < 4.78 is 2.88. The molecule has 2 aromatic rings. The summed E-state index contributed by atoms with van der Waals surface area (Å²) in [5, 5.41) is 0.756. The van der Waals surface area contributed by atoms with Crippen LogP contribution in [0.1, 0.15) is 32.0 Å². The van der Waals surface area contributed by atoms with Crippen LogP contribution in [0.25, 0.3) is 0 Å². The highest BCUT2D eigenvalue weighted by atomic mass is 35.5. The van der Waals surface area contributed by atoms with Crippen LogP contribution in [0.15, 0.2) is 30.5 Å². The molecule has 1 aromatic carbocycles. The summed E-state index contributed by atoms with van der Waals surface area (Å²) in [6.07, 6.45) is 1.99. The Balaban J connectivity index is 2.41. The summed E-state index contributed by atoms with van der Waals surface area (Å²) in [5.41, 5.74) is 2.42. The minimum atomic E-state index is 0.0616. The number of benzene rings is 1. The van der Waals surface area contributed by atoms with Crippen LogP contribution in [0.5, 0.6) is 0 Å². The van der Waals surface area contributed by atoms with Gasteiger partial charge in [0.2, 0.25) is 0 Å². The zero-order valence-electron chi connectivity index (χ0n) is 10.8.